The van der Waals surface area contributed by atoms with E-state index in [4.69, 9.17) is 10.5 Å². The molecule has 0 bridgehead atoms. The maximum atomic E-state index is 5.65. The molecule has 0 amide bonds. The molecule has 2 heteroatoms. The predicted octanol–water partition coefficient (Wildman–Crippen LogP) is 2.28. The Labute approximate surface area is 86.1 Å². The molecule has 0 fully saturated rings. The minimum atomic E-state index is 0.231. The fraction of sp³-hybridized carbons (Fsp3) is 0.500. The molecule has 0 spiro atoms. The molecule has 1 aromatic carbocycles. The van der Waals surface area contributed by atoms with E-state index >= 15 is 0 Å². The van der Waals surface area contributed by atoms with Crippen LogP contribution in [-0.4, -0.2) is 12.6 Å². The van der Waals surface area contributed by atoms with Gasteiger partial charge in [-0.2, -0.15) is 0 Å². The zero-order valence-electron chi connectivity index (χ0n) is 9.21. The van der Waals surface area contributed by atoms with Gasteiger partial charge < -0.3 is 10.5 Å². The highest BCUT2D eigenvalue weighted by molar-refractivity contribution is 5.36. The fourth-order valence-electron chi connectivity index (χ4n) is 1.42. The molecule has 1 rings (SSSR count). The fourth-order valence-corrected chi connectivity index (χ4v) is 1.42. The summed E-state index contributed by atoms with van der Waals surface area (Å²) in [5, 5.41) is 0. The summed E-state index contributed by atoms with van der Waals surface area (Å²) in [6.45, 7) is 6.84. The second-order valence-corrected chi connectivity index (χ2v) is 3.81. The summed E-state index contributed by atoms with van der Waals surface area (Å²) in [5.41, 5.74) is 7.96. The van der Waals surface area contributed by atoms with Crippen molar-refractivity contribution in [1.29, 1.82) is 0 Å². The molecule has 14 heavy (non-hydrogen) atoms. The van der Waals surface area contributed by atoms with Gasteiger partial charge in [0.2, 0.25) is 0 Å². The number of nitrogens with two attached hydrogens (primary N) is 1. The van der Waals surface area contributed by atoms with Gasteiger partial charge in [-0.15, -0.1) is 0 Å². The molecule has 0 saturated heterocycles. The predicted molar refractivity (Wildman–Crippen MR) is 59.7 cm³/mol. The van der Waals surface area contributed by atoms with Crippen molar-refractivity contribution >= 4 is 0 Å². The SMILES string of the molecule is Cc1cc(CCN)ccc1OC(C)C. The van der Waals surface area contributed by atoms with E-state index in [9.17, 15) is 0 Å². The van der Waals surface area contributed by atoms with Crippen molar-refractivity contribution in [3.63, 3.8) is 0 Å². The molecule has 0 aliphatic rings. The van der Waals surface area contributed by atoms with E-state index in [1.165, 1.54) is 11.1 Å². The smallest absolute Gasteiger partial charge is 0.122 e. The Morgan fingerprint density at radius 2 is 2.07 bits per heavy atom. The number of hydrogen-bond donors (Lipinski definition) is 1. The quantitative estimate of drug-likeness (QED) is 0.796. The molecule has 78 valence electrons. The second kappa shape index (κ2) is 5.01. The van der Waals surface area contributed by atoms with E-state index in [2.05, 4.69) is 19.1 Å². The van der Waals surface area contributed by atoms with Gasteiger partial charge in [0.25, 0.3) is 0 Å². The van der Waals surface area contributed by atoms with Crippen molar-refractivity contribution in [2.24, 2.45) is 5.73 Å². The maximum Gasteiger partial charge on any atom is 0.122 e. The third-order valence-electron chi connectivity index (χ3n) is 2.04. The van der Waals surface area contributed by atoms with E-state index in [1.54, 1.807) is 0 Å². The first kappa shape index (κ1) is 11.1. The molecular formula is C12H19NO. The van der Waals surface area contributed by atoms with E-state index in [-0.39, 0.29) is 6.10 Å². The Hall–Kier alpha value is -1.02. The molecule has 0 aromatic heterocycles. The van der Waals surface area contributed by atoms with E-state index in [0.29, 0.717) is 6.54 Å². The van der Waals surface area contributed by atoms with Gasteiger partial charge in [0.15, 0.2) is 0 Å². The van der Waals surface area contributed by atoms with Crippen molar-refractivity contribution < 1.29 is 4.74 Å². The highest BCUT2D eigenvalue weighted by atomic mass is 16.5. The van der Waals surface area contributed by atoms with Gasteiger partial charge in [0.1, 0.15) is 5.75 Å². The van der Waals surface area contributed by atoms with Crippen LogP contribution in [0.25, 0.3) is 0 Å². The zero-order valence-corrected chi connectivity index (χ0v) is 9.21. The molecule has 0 radical (unpaired) electrons. The van der Waals surface area contributed by atoms with Gasteiger partial charge in [-0.05, 0) is 50.9 Å². The number of rotatable bonds is 4. The van der Waals surface area contributed by atoms with E-state index < -0.39 is 0 Å². The average molecular weight is 193 g/mol. The lowest BCUT2D eigenvalue weighted by Gasteiger charge is -2.13. The molecule has 0 heterocycles. The molecule has 0 aliphatic carbocycles. The van der Waals surface area contributed by atoms with Crippen molar-refractivity contribution in [3.05, 3.63) is 29.3 Å². The topological polar surface area (TPSA) is 35.2 Å². The van der Waals surface area contributed by atoms with Crippen LogP contribution in [0.4, 0.5) is 0 Å². The minimum Gasteiger partial charge on any atom is -0.491 e. The summed E-state index contributed by atoms with van der Waals surface area (Å²) in [4.78, 5) is 0. The Kier molecular flexibility index (Phi) is 3.96. The number of hydrogen-bond acceptors (Lipinski definition) is 2. The normalized spacial score (nSPS) is 10.6. The van der Waals surface area contributed by atoms with Gasteiger partial charge in [-0.3, -0.25) is 0 Å². The second-order valence-electron chi connectivity index (χ2n) is 3.81. The van der Waals surface area contributed by atoms with Crippen molar-refractivity contribution in [2.75, 3.05) is 6.54 Å². The van der Waals surface area contributed by atoms with Crippen LogP contribution in [0, 0.1) is 6.92 Å². The molecule has 0 unspecified atom stereocenters. The van der Waals surface area contributed by atoms with Gasteiger partial charge in [-0.25, -0.2) is 0 Å². The number of aryl methyl sites for hydroxylation is 1. The number of benzene rings is 1. The maximum absolute atomic E-state index is 5.65. The Morgan fingerprint density at radius 3 is 2.57 bits per heavy atom. The van der Waals surface area contributed by atoms with Crippen LogP contribution in [0.15, 0.2) is 18.2 Å². The Morgan fingerprint density at radius 1 is 1.36 bits per heavy atom. The van der Waals surface area contributed by atoms with Crippen molar-refractivity contribution in [3.8, 4) is 5.75 Å². The van der Waals surface area contributed by atoms with Gasteiger partial charge in [-0.1, -0.05) is 12.1 Å². The molecule has 2 nitrogen and oxygen atoms in total. The Bertz CT molecular complexity index is 294. The van der Waals surface area contributed by atoms with E-state index in [1.807, 2.05) is 19.9 Å². The third-order valence-corrected chi connectivity index (χ3v) is 2.04. The molecule has 1 aromatic rings. The lowest BCUT2D eigenvalue weighted by Crippen LogP contribution is -2.07. The van der Waals surface area contributed by atoms with E-state index in [0.717, 1.165) is 12.2 Å². The first-order valence-electron chi connectivity index (χ1n) is 5.09. The van der Waals surface area contributed by atoms with Gasteiger partial charge in [0, 0.05) is 0 Å². The Balaban J connectivity index is 2.79. The molecule has 0 atom stereocenters. The summed E-state index contributed by atoms with van der Waals surface area (Å²) in [6.07, 6.45) is 1.16. The van der Waals surface area contributed by atoms with Crippen LogP contribution >= 0.6 is 0 Å². The van der Waals surface area contributed by atoms with Gasteiger partial charge >= 0.3 is 0 Å². The van der Waals surface area contributed by atoms with Gasteiger partial charge in [0.05, 0.1) is 6.10 Å². The lowest BCUT2D eigenvalue weighted by molar-refractivity contribution is 0.240. The third kappa shape index (κ3) is 3.04. The standard InChI is InChI=1S/C12H19NO/c1-9(2)14-12-5-4-11(6-7-13)8-10(12)3/h4-5,8-9H,6-7,13H2,1-3H3. The molecular weight excluding hydrogens is 174 g/mol. The lowest BCUT2D eigenvalue weighted by atomic mass is 10.1. The minimum absolute atomic E-state index is 0.231. The monoisotopic (exact) mass is 193 g/mol. The van der Waals surface area contributed by atoms with Crippen LogP contribution in [0.3, 0.4) is 0 Å². The van der Waals surface area contributed by atoms with Crippen LogP contribution in [-0.2, 0) is 6.42 Å². The number of ether oxygens (including phenoxy) is 1. The van der Waals surface area contributed by atoms with Crippen molar-refractivity contribution in [1.82, 2.24) is 0 Å². The van der Waals surface area contributed by atoms with Crippen LogP contribution in [0.1, 0.15) is 25.0 Å². The summed E-state index contributed by atoms with van der Waals surface area (Å²) in [7, 11) is 0. The highest BCUT2D eigenvalue weighted by Gasteiger charge is 2.02. The first-order chi connectivity index (χ1) is 6.63. The van der Waals surface area contributed by atoms with Crippen LogP contribution < -0.4 is 10.5 Å². The first-order valence-corrected chi connectivity index (χ1v) is 5.09. The largest absolute Gasteiger partial charge is 0.491 e. The van der Waals surface area contributed by atoms with Crippen LogP contribution in [0.5, 0.6) is 5.75 Å². The summed E-state index contributed by atoms with van der Waals surface area (Å²) >= 11 is 0. The molecule has 0 saturated carbocycles. The van der Waals surface area contributed by atoms with Crippen molar-refractivity contribution in [2.45, 2.75) is 33.3 Å². The highest BCUT2D eigenvalue weighted by Crippen LogP contribution is 2.20. The molecule has 0 aliphatic heterocycles. The summed E-state index contributed by atoms with van der Waals surface area (Å²) in [5.74, 6) is 0.973. The average Bonchev–Trinajstić information content (AvgIpc) is 2.10. The van der Waals surface area contributed by atoms with Crippen LogP contribution in [0.2, 0.25) is 0 Å². The zero-order chi connectivity index (χ0) is 10.6. The summed E-state index contributed by atoms with van der Waals surface area (Å²) in [6, 6.07) is 6.25. The molecule has 2 N–H and O–H groups in total. The summed E-state index contributed by atoms with van der Waals surface area (Å²) < 4.78 is 5.65.